The summed E-state index contributed by atoms with van der Waals surface area (Å²) in [5.41, 5.74) is 0. The molecular formula is C11H20N2O2. The number of methoxy groups -OCH3 is 1. The van der Waals surface area contributed by atoms with E-state index in [1.807, 2.05) is 0 Å². The van der Waals surface area contributed by atoms with Crippen molar-refractivity contribution >= 4 is 5.91 Å². The SMILES string of the molecule is COCCCNC(=O)C1CC2CCC1N2. The van der Waals surface area contributed by atoms with Gasteiger partial charge in [0.2, 0.25) is 5.91 Å². The van der Waals surface area contributed by atoms with E-state index in [0.717, 1.165) is 26.0 Å². The number of fused-ring (bicyclic) bond motifs is 2. The Balaban J connectivity index is 1.68. The van der Waals surface area contributed by atoms with Gasteiger partial charge in [-0.25, -0.2) is 0 Å². The maximum absolute atomic E-state index is 11.8. The van der Waals surface area contributed by atoms with E-state index in [2.05, 4.69) is 10.6 Å². The minimum Gasteiger partial charge on any atom is -0.385 e. The quantitative estimate of drug-likeness (QED) is 0.644. The number of hydrogen-bond acceptors (Lipinski definition) is 3. The van der Waals surface area contributed by atoms with E-state index < -0.39 is 0 Å². The van der Waals surface area contributed by atoms with Crippen LogP contribution in [0.3, 0.4) is 0 Å². The van der Waals surface area contributed by atoms with Gasteiger partial charge in [0, 0.05) is 32.3 Å². The van der Waals surface area contributed by atoms with Gasteiger partial charge in [-0.3, -0.25) is 4.79 Å². The lowest BCUT2D eigenvalue weighted by molar-refractivity contribution is -0.125. The Morgan fingerprint density at radius 1 is 1.53 bits per heavy atom. The summed E-state index contributed by atoms with van der Waals surface area (Å²) in [4.78, 5) is 11.8. The Morgan fingerprint density at radius 3 is 3.00 bits per heavy atom. The molecule has 2 fully saturated rings. The molecule has 2 bridgehead atoms. The highest BCUT2D eigenvalue weighted by atomic mass is 16.5. The fraction of sp³-hybridized carbons (Fsp3) is 0.909. The highest BCUT2D eigenvalue weighted by Gasteiger charge is 2.42. The molecule has 2 heterocycles. The molecule has 0 aromatic carbocycles. The van der Waals surface area contributed by atoms with Crippen LogP contribution in [0, 0.1) is 5.92 Å². The van der Waals surface area contributed by atoms with Gasteiger partial charge in [-0.05, 0) is 25.7 Å². The Bertz CT molecular complexity index is 233. The molecule has 2 aliphatic heterocycles. The number of amides is 1. The number of nitrogens with one attached hydrogen (secondary N) is 2. The molecule has 2 saturated heterocycles. The molecular weight excluding hydrogens is 192 g/mol. The summed E-state index contributed by atoms with van der Waals surface area (Å²) in [7, 11) is 1.68. The van der Waals surface area contributed by atoms with Crippen molar-refractivity contribution in [2.24, 2.45) is 5.92 Å². The van der Waals surface area contributed by atoms with Gasteiger partial charge in [-0.2, -0.15) is 0 Å². The van der Waals surface area contributed by atoms with Crippen LogP contribution in [0.1, 0.15) is 25.7 Å². The van der Waals surface area contributed by atoms with Crippen molar-refractivity contribution in [2.75, 3.05) is 20.3 Å². The molecule has 4 heteroatoms. The summed E-state index contributed by atoms with van der Waals surface area (Å²) >= 11 is 0. The molecule has 86 valence electrons. The molecule has 4 nitrogen and oxygen atoms in total. The van der Waals surface area contributed by atoms with Gasteiger partial charge in [-0.1, -0.05) is 0 Å². The zero-order valence-electron chi connectivity index (χ0n) is 9.29. The van der Waals surface area contributed by atoms with Crippen molar-refractivity contribution in [3.05, 3.63) is 0 Å². The third kappa shape index (κ3) is 2.49. The zero-order valence-corrected chi connectivity index (χ0v) is 9.29. The first-order chi connectivity index (χ1) is 7.31. The number of carbonyl (C=O) groups is 1. The van der Waals surface area contributed by atoms with Crippen LogP contribution < -0.4 is 10.6 Å². The molecule has 2 aliphatic rings. The average molecular weight is 212 g/mol. The van der Waals surface area contributed by atoms with Crippen molar-refractivity contribution in [3.8, 4) is 0 Å². The molecule has 1 amide bonds. The van der Waals surface area contributed by atoms with Crippen LogP contribution in [0.15, 0.2) is 0 Å². The number of rotatable bonds is 5. The van der Waals surface area contributed by atoms with E-state index >= 15 is 0 Å². The maximum atomic E-state index is 11.8. The number of hydrogen-bond donors (Lipinski definition) is 2. The van der Waals surface area contributed by atoms with E-state index in [9.17, 15) is 4.79 Å². The zero-order chi connectivity index (χ0) is 10.7. The van der Waals surface area contributed by atoms with Crippen molar-refractivity contribution in [1.29, 1.82) is 0 Å². The van der Waals surface area contributed by atoms with Crippen LogP contribution in [-0.4, -0.2) is 38.3 Å². The third-order valence-corrected chi connectivity index (χ3v) is 3.46. The Kier molecular flexibility index (Phi) is 3.59. The lowest BCUT2D eigenvalue weighted by Crippen LogP contribution is -2.38. The lowest BCUT2D eigenvalue weighted by Gasteiger charge is -2.19. The average Bonchev–Trinajstić information content (AvgIpc) is 2.85. The van der Waals surface area contributed by atoms with Crippen molar-refractivity contribution in [2.45, 2.75) is 37.8 Å². The molecule has 15 heavy (non-hydrogen) atoms. The molecule has 0 saturated carbocycles. The summed E-state index contributed by atoms with van der Waals surface area (Å²) in [5, 5.41) is 6.46. The molecule has 0 aromatic heterocycles. The first-order valence-electron chi connectivity index (χ1n) is 5.84. The molecule has 2 N–H and O–H groups in total. The summed E-state index contributed by atoms with van der Waals surface area (Å²) in [6.45, 7) is 1.45. The highest BCUT2D eigenvalue weighted by molar-refractivity contribution is 5.80. The van der Waals surface area contributed by atoms with Gasteiger partial charge >= 0.3 is 0 Å². The van der Waals surface area contributed by atoms with E-state index in [1.165, 1.54) is 12.8 Å². The molecule has 3 atom stereocenters. The molecule has 0 radical (unpaired) electrons. The van der Waals surface area contributed by atoms with Crippen LogP contribution in [0.5, 0.6) is 0 Å². The maximum Gasteiger partial charge on any atom is 0.224 e. The smallest absolute Gasteiger partial charge is 0.224 e. The predicted molar refractivity (Wildman–Crippen MR) is 57.6 cm³/mol. The molecule has 3 unspecified atom stereocenters. The monoisotopic (exact) mass is 212 g/mol. The Morgan fingerprint density at radius 2 is 2.40 bits per heavy atom. The lowest BCUT2D eigenvalue weighted by atomic mass is 9.88. The Labute approximate surface area is 90.8 Å². The van der Waals surface area contributed by atoms with E-state index in [4.69, 9.17) is 4.74 Å². The standard InChI is InChI=1S/C11H20N2O2/c1-15-6-2-5-12-11(14)9-7-8-3-4-10(9)13-8/h8-10,13H,2-7H2,1H3,(H,12,14). The summed E-state index contributed by atoms with van der Waals surface area (Å²) in [5.74, 6) is 0.442. The number of carbonyl (C=O) groups excluding carboxylic acids is 1. The van der Waals surface area contributed by atoms with Gasteiger partial charge < -0.3 is 15.4 Å². The normalized spacial score (nSPS) is 33.3. The second kappa shape index (κ2) is 4.94. The molecule has 0 spiro atoms. The van der Waals surface area contributed by atoms with E-state index in [0.29, 0.717) is 12.1 Å². The summed E-state index contributed by atoms with van der Waals surface area (Å²) in [6.07, 6.45) is 4.34. The second-order valence-corrected chi connectivity index (χ2v) is 4.53. The van der Waals surface area contributed by atoms with Gasteiger partial charge in [-0.15, -0.1) is 0 Å². The summed E-state index contributed by atoms with van der Waals surface area (Å²) in [6, 6.07) is 1.04. The minimum absolute atomic E-state index is 0.214. The van der Waals surface area contributed by atoms with Crippen LogP contribution in [0.2, 0.25) is 0 Å². The van der Waals surface area contributed by atoms with E-state index in [1.54, 1.807) is 7.11 Å². The number of ether oxygens (including phenoxy) is 1. The fourth-order valence-electron chi connectivity index (χ4n) is 2.67. The van der Waals surface area contributed by atoms with Crippen LogP contribution in [0.25, 0.3) is 0 Å². The van der Waals surface area contributed by atoms with E-state index in [-0.39, 0.29) is 11.8 Å². The first-order valence-corrected chi connectivity index (χ1v) is 5.84. The molecule has 2 rings (SSSR count). The molecule has 0 aliphatic carbocycles. The first kappa shape index (κ1) is 10.9. The van der Waals surface area contributed by atoms with Gasteiger partial charge in [0.15, 0.2) is 0 Å². The van der Waals surface area contributed by atoms with Gasteiger partial charge in [0.05, 0.1) is 5.92 Å². The topological polar surface area (TPSA) is 50.4 Å². The summed E-state index contributed by atoms with van der Waals surface area (Å²) < 4.78 is 4.93. The minimum atomic E-state index is 0.214. The fourth-order valence-corrected chi connectivity index (χ4v) is 2.67. The van der Waals surface area contributed by atoms with Crippen LogP contribution in [0.4, 0.5) is 0 Å². The van der Waals surface area contributed by atoms with Crippen molar-refractivity contribution in [1.82, 2.24) is 10.6 Å². The third-order valence-electron chi connectivity index (χ3n) is 3.46. The van der Waals surface area contributed by atoms with Crippen LogP contribution in [-0.2, 0) is 9.53 Å². The molecule has 0 aromatic rings. The second-order valence-electron chi connectivity index (χ2n) is 4.53. The van der Waals surface area contributed by atoms with Crippen LogP contribution >= 0.6 is 0 Å². The highest BCUT2D eigenvalue weighted by Crippen LogP contribution is 2.33. The van der Waals surface area contributed by atoms with Crippen molar-refractivity contribution in [3.63, 3.8) is 0 Å². The van der Waals surface area contributed by atoms with Gasteiger partial charge in [0.1, 0.15) is 0 Å². The Hall–Kier alpha value is -0.610. The van der Waals surface area contributed by atoms with Gasteiger partial charge in [0.25, 0.3) is 0 Å². The predicted octanol–water partition coefficient (Wildman–Crippen LogP) is 0.280. The largest absolute Gasteiger partial charge is 0.385 e. The van der Waals surface area contributed by atoms with Crippen molar-refractivity contribution < 1.29 is 9.53 Å².